The van der Waals surface area contributed by atoms with Gasteiger partial charge in [-0.15, -0.1) is 0 Å². The first kappa shape index (κ1) is 15.5. The van der Waals surface area contributed by atoms with Gasteiger partial charge in [-0.25, -0.2) is 0 Å². The second-order valence-corrected chi connectivity index (χ2v) is 6.42. The first-order chi connectivity index (χ1) is 8.40. The van der Waals surface area contributed by atoms with E-state index in [2.05, 4.69) is 19.2 Å². The smallest absolute Gasteiger partial charge is 0.224 e. The summed E-state index contributed by atoms with van der Waals surface area (Å²) in [5.74, 6) is 0.229. The van der Waals surface area contributed by atoms with E-state index in [0.29, 0.717) is 0 Å². The molecule has 0 spiro atoms. The largest absolute Gasteiger partial charge is 0.394 e. The molecule has 3 heteroatoms. The van der Waals surface area contributed by atoms with Gasteiger partial charge in [-0.1, -0.05) is 40.5 Å². The van der Waals surface area contributed by atoms with Gasteiger partial charge >= 0.3 is 0 Å². The molecule has 0 aromatic carbocycles. The molecule has 0 radical (unpaired) electrons. The molecule has 3 nitrogen and oxygen atoms in total. The van der Waals surface area contributed by atoms with E-state index in [1.807, 2.05) is 13.8 Å². The van der Waals surface area contributed by atoms with Crippen LogP contribution in [0, 0.1) is 11.3 Å². The predicted octanol–water partition coefficient (Wildman–Crippen LogP) is 2.87. The van der Waals surface area contributed by atoms with Crippen molar-refractivity contribution in [2.24, 2.45) is 11.3 Å². The van der Waals surface area contributed by atoms with Gasteiger partial charge in [0, 0.05) is 5.92 Å². The lowest BCUT2D eigenvalue weighted by Gasteiger charge is -2.40. The number of aliphatic hydroxyl groups is 1. The predicted molar refractivity (Wildman–Crippen MR) is 74.3 cm³/mol. The van der Waals surface area contributed by atoms with Crippen molar-refractivity contribution in [3.8, 4) is 0 Å². The summed E-state index contributed by atoms with van der Waals surface area (Å²) in [6, 6.07) is 0. The third kappa shape index (κ3) is 3.25. The molecule has 106 valence electrons. The van der Waals surface area contributed by atoms with Crippen molar-refractivity contribution in [2.45, 2.75) is 71.8 Å². The molecular formula is C15H29NO2. The summed E-state index contributed by atoms with van der Waals surface area (Å²) in [6.45, 7) is 8.45. The Labute approximate surface area is 111 Å². The SMILES string of the molecule is CCC(CC)(CO)NC(=O)C1CCCCC1(C)C. The number of aliphatic hydroxyl groups excluding tert-OH is 1. The Morgan fingerprint density at radius 1 is 1.33 bits per heavy atom. The van der Waals surface area contributed by atoms with Gasteiger partial charge < -0.3 is 10.4 Å². The lowest BCUT2D eigenvalue weighted by molar-refractivity contribution is -0.133. The summed E-state index contributed by atoms with van der Waals surface area (Å²) in [5, 5.41) is 12.7. The highest BCUT2D eigenvalue weighted by atomic mass is 16.3. The monoisotopic (exact) mass is 255 g/mol. The average Bonchev–Trinajstić information content (AvgIpc) is 2.35. The fraction of sp³-hybridized carbons (Fsp3) is 0.933. The van der Waals surface area contributed by atoms with Crippen LogP contribution >= 0.6 is 0 Å². The molecule has 18 heavy (non-hydrogen) atoms. The molecule has 1 saturated carbocycles. The molecule has 1 unspecified atom stereocenters. The summed E-state index contributed by atoms with van der Waals surface area (Å²) in [5.41, 5.74) is -0.338. The molecule has 1 aliphatic rings. The Hall–Kier alpha value is -0.570. The molecule has 0 aromatic rings. The highest BCUT2D eigenvalue weighted by Gasteiger charge is 2.39. The van der Waals surface area contributed by atoms with Crippen molar-refractivity contribution in [2.75, 3.05) is 6.61 Å². The van der Waals surface area contributed by atoms with Crippen molar-refractivity contribution in [3.05, 3.63) is 0 Å². The first-order valence-electron chi connectivity index (χ1n) is 7.33. The third-order valence-corrected chi connectivity index (χ3v) is 4.87. The van der Waals surface area contributed by atoms with Crippen LogP contribution in [0.2, 0.25) is 0 Å². The summed E-state index contributed by atoms with van der Waals surface area (Å²) in [7, 11) is 0. The van der Waals surface area contributed by atoms with Gasteiger partial charge in [-0.2, -0.15) is 0 Å². The molecule has 0 aromatic heterocycles. The van der Waals surface area contributed by atoms with Gasteiger partial charge in [0.1, 0.15) is 0 Å². The highest BCUT2D eigenvalue weighted by molar-refractivity contribution is 5.80. The van der Waals surface area contributed by atoms with Crippen LogP contribution in [0.3, 0.4) is 0 Å². The Balaban J connectivity index is 2.74. The second kappa shape index (κ2) is 6.05. The molecule has 2 N–H and O–H groups in total. The molecule has 0 saturated heterocycles. The maximum atomic E-state index is 12.5. The number of hydrogen-bond acceptors (Lipinski definition) is 2. The Morgan fingerprint density at radius 2 is 1.94 bits per heavy atom. The summed E-state index contributed by atoms with van der Waals surface area (Å²) in [4.78, 5) is 12.5. The number of carbonyl (C=O) groups excluding carboxylic acids is 1. The van der Waals surface area contributed by atoms with Gasteiger partial charge in [0.2, 0.25) is 5.91 Å². The zero-order valence-corrected chi connectivity index (χ0v) is 12.4. The van der Waals surface area contributed by atoms with E-state index in [-0.39, 0.29) is 23.8 Å². The maximum absolute atomic E-state index is 12.5. The minimum atomic E-state index is -0.426. The van der Waals surface area contributed by atoms with Crippen LogP contribution < -0.4 is 5.32 Å². The zero-order chi connectivity index (χ0) is 13.8. The lowest BCUT2D eigenvalue weighted by atomic mass is 9.68. The third-order valence-electron chi connectivity index (χ3n) is 4.87. The lowest BCUT2D eigenvalue weighted by Crippen LogP contribution is -2.54. The van der Waals surface area contributed by atoms with E-state index < -0.39 is 5.54 Å². The van der Waals surface area contributed by atoms with Crippen LogP contribution in [0.4, 0.5) is 0 Å². The molecule has 1 atom stereocenters. The van der Waals surface area contributed by atoms with Crippen LogP contribution in [0.1, 0.15) is 66.2 Å². The van der Waals surface area contributed by atoms with Crippen LogP contribution in [0.15, 0.2) is 0 Å². The van der Waals surface area contributed by atoms with Crippen molar-refractivity contribution in [3.63, 3.8) is 0 Å². The van der Waals surface area contributed by atoms with Gasteiger partial charge in [-0.3, -0.25) is 4.79 Å². The molecule has 0 heterocycles. The molecular weight excluding hydrogens is 226 g/mol. The molecule has 1 amide bonds. The van der Waals surface area contributed by atoms with E-state index in [9.17, 15) is 9.90 Å². The van der Waals surface area contributed by atoms with Gasteiger partial charge in [-0.05, 0) is 31.1 Å². The van der Waals surface area contributed by atoms with E-state index in [1.54, 1.807) is 0 Å². The molecule has 1 fully saturated rings. The number of carbonyl (C=O) groups is 1. The molecule has 0 aliphatic heterocycles. The normalized spacial score (nSPS) is 23.7. The summed E-state index contributed by atoms with van der Waals surface area (Å²) in [6.07, 6.45) is 6.02. The minimum Gasteiger partial charge on any atom is -0.394 e. The number of nitrogens with one attached hydrogen (secondary N) is 1. The average molecular weight is 255 g/mol. The van der Waals surface area contributed by atoms with E-state index in [0.717, 1.165) is 32.1 Å². The zero-order valence-electron chi connectivity index (χ0n) is 12.4. The minimum absolute atomic E-state index is 0.0267. The van der Waals surface area contributed by atoms with Gasteiger partial charge in [0.15, 0.2) is 0 Å². The highest BCUT2D eigenvalue weighted by Crippen LogP contribution is 2.40. The molecule has 1 rings (SSSR count). The Bertz CT molecular complexity index is 274. The first-order valence-corrected chi connectivity index (χ1v) is 7.33. The number of rotatable bonds is 5. The fourth-order valence-electron chi connectivity index (χ4n) is 3.02. The van der Waals surface area contributed by atoms with E-state index in [4.69, 9.17) is 0 Å². The number of amides is 1. The van der Waals surface area contributed by atoms with Crippen LogP contribution in [0.25, 0.3) is 0 Å². The van der Waals surface area contributed by atoms with Crippen LogP contribution in [-0.2, 0) is 4.79 Å². The quantitative estimate of drug-likeness (QED) is 0.793. The van der Waals surface area contributed by atoms with Crippen molar-refractivity contribution in [1.29, 1.82) is 0 Å². The Kier molecular flexibility index (Phi) is 5.20. The molecule has 0 bridgehead atoms. The molecule has 1 aliphatic carbocycles. The van der Waals surface area contributed by atoms with Crippen LogP contribution in [0.5, 0.6) is 0 Å². The Morgan fingerprint density at radius 3 is 2.39 bits per heavy atom. The van der Waals surface area contributed by atoms with E-state index >= 15 is 0 Å². The van der Waals surface area contributed by atoms with Gasteiger partial charge in [0.05, 0.1) is 12.1 Å². The van der Waals surface area contributed by atoms with Crippen molar-refractivity contribution >= 4 is 5.91 Å². The summed E-state index contributed by atoms with van der Waals surface area (Å²) >= 11 is 0. The maximum Gasteiger partial charge on any atom is 0.224 e. The van der Waals surface area contributed by atoms with E-state index in [1.165, 1.54) is 6.42 Å². The van der Waals surface area contributed by atoms with Crippen molar-refractivity contribution < 1.29 is 9.90 Å². The summed E-state index contributed by atoms with van der Waals surface area (Å²) < 4.78 is 0. The fourth-order valence-corrected chi connectivity index (χ4v) is 3.02. The van der Waals surface area contributed by atoms with Crippen molar-refractivity contribution in [1.82, 2.24) is 5.32 Å². The standard InChI is InChI=1S/C15H29NO2/c1-5-15(6-2,11-17)16-13(18)12-9-7-8-10-14(12,3)4/h12,17H,5-11H2,1-4H3,(H,16,18). The topological polar surface area (TPSA) is 49.3 Å². The second-order valence-electron chi connectivity index (χ2n) is 6.42. The van der Waals surface area contributed by atoms with Gasteiger partial charge in [0.25, 0.3) is 0 Å². The number of hydrogen-bond donors (Lipinski definition) is 2. The van der Waals surface area contributed by atoms with Crippen LogP contribution in [-0.4, -0.2) is 23.2 Å².